The lowest BCUT2D eigenvalue weighted by molar-refractivity contribution is 0.125. The van der Waals surface area contributed by atoms with Crippen molar-refractivity contribution in [1.82, 2.24) is 8.80 Å². The van der Waals surface area contributed by atoms with E-state index in [9.17, 15) is 10.5 Å². The molecule has 0 bridgehead atoms. The standard InChI is InChI=1S/C66H78N4/c1-57(2,3)37-29-39(59(7,8)9)47-49-43(25-33(31-67)51-53(49)63(17,18)65(21,22)61(51,13)14)69-41-28-36-42(27-35(41)45(37)55(47)69)70-44-26-34(32-68)52-54(64(19,20)66(23,24)62(52,15)16)50(44)48-40(60(10,11)12)30-38(58(4,5)6)46(36)56(48)70/h25-30H,1-24H3. The summed E-state index contributed by atoms with van der Waals surface area (Å²) in [6, 6.07) is 20.4. The molecule has 2 aliphatic carbocycles. The van der Waals surface area contributed by atoms with E-state index >= 15 is 0 Å². The number of hydrogen-bond acceptors (Lipinski definition) is 2. The van der Waals surface area contributed by atoms with Crippen LogP contribution in [0.5, 0.6) is 0 Å². The monoisotopic (exact) mass is 927 g/mol. The van der Waals surface area contributed by atoms with Crippen LogP contribution in [-0.4, -0.2) is 8.80 Å². The molecule has 4 nitrogen and oxygen atoms in total. The van der Waals surface area contributed by atoms with E-state index in [2.05, 4.69) is 224 Å². The van der Waals surface area contributed by atoms with Crippen molar-refractivity contribution in [3.05, 3.63) is 92.0 Å². The highest BCUT2D eigenvalue weighted by molar-refractivity contribution is 6.32. The molecular weight excluding hydrogens is 849 g/mol. The van der Waals surface area contributed by atoms with E-state index in [0.717, 1.165) is 22.2 Å². The second-order valence-electron chi connectivity index (χ2n) is 29.8. The van der Waals surface area contributed by atoms with E-state index in [1.54, 1.807) is 0 Å². The van der Waals surface area contributed by atoms with Gasteiger partial charge >= 0.3 is 0 Å². The van der Waals surface area contributed by atoms with Gasteiger partial charge in [-0.15, -0.1) is 0 Å². The zero-order chi connectivity index (χ0) is 51.7. The zero-order valence-electron chi connectivity index (χ0n) is 47.3. The number of rotatable bonds is 0. The van der Waals surface area contributed by atoms with Crippen molar-refractivity contribution in [2.75, 3.05) is 0 Å². The molecule has 4 heteroatoms. The van der Waals surface area contributed by atoms with Crippen LogP contribution in [0.3, 0.4) is 0 Å². The van der Waals surface area contributed by atoms with E-state index in [0.29, 0.717) is 0 Å². The van der Waals surface area contributed by atoms with Crippen molar-refractivity contribution in [3.8, 4) is 12.1 Å². The summed E-state index contributed by atoms with van der Waals surface area (Å²) >= 11 is 0. The van der Waals surface area contributed by atoms with Gasteiger partial charge in [0.05, 0.1) is 56.4 Å². The Hall–Kier alpha value is -5.32. The number of fused-ring (bicyclic) bond motifs is 16. The number of hydrogen-bond donors (Lipinski definition) is 0. The van der Waals surface area contributed by atoms with Crippen LogP contribution in [0.2, 0.25) is 0 Å². The Labute approximate surface area is 418 Å². The first kappa shape index (κ1) is 47.0. The van der Waals surface area contributed by atoms with Crippen LogP contribution in [0.1, 0.15) is 222 Å². The smallest absolute Gasteiger partial charge is 0.0995 e. The predicted octanol–water partition coefficient (Wildman–Crippen LogP) is 18.1. The topological polar surface area (TPSA) is 56.4 Å². The van der Waals surface area contributed by atoms with Crippen molar-refractivity contribution >= 4 is 76.2 Å². The van der Waals surface area contributed by atoms with Gasteiger partial charge in [-0.2, -0.15) is 10.5 Å². The van der Waals surface area contributed by atoms with Crippen LogP contribution in [0.25, 0.3) is 76.2 Å². The Balaban J connectivity index is 1.48. The highest BCUT2D eigenvalue weighted by Gasteiger charge is 2.60. The number of nitriles is 2. The Morgan fingerprint density at radius 2 is 0.614 bits per heavy atom. The van der Waals surface area contributed by atoms with Gasteiger partial charge in [0, 0.05) is 43.1 Å². The van der Waals surface area contributed by atoms with E-state index < -0.39 is 0 Å². The van der Waals surface area contributed by atoms with E-state index in [1.165, 1.54) is 110 Å². The molecule has 0 N–H and O–H groups in total. The molecule has 0 unspecified atom stereocenters. The molecule has 2 aliphatic rings. The molecule has 4 aromatic heterocycles. The summed E-state index contributed by atoms with van der Waals surface area (Å²) in [6.45, 7) is 57.5. The van der Waals surface area contributed by atoms with Gasteiger partial charge in [0.1, 0.15) is 0 Å². The first-order valence-corrected chi connectivity index (χ1v) is 26.3. The summed E-state index contributed by atoms with van der Waals surface area (Å²) in [5.74, 6) is 0. The van der Waals surface area contributed by atoms with Crippen LogP contribution in [0.4, 0.5) is 0 Å². The molecule has 0 saturated carbocycles. The lowest BCUT2D eigenvalue weighted by atomic mass is 9.59. The van der Waals surface area contributed by atoms with Gasteiger partial charge in [-0.1, -0.05) is 178 Å². The van der Waals surface area contributed by atoms with Gasteiger partial charge < -0.3 is 8.80 Å². The molecule has 0 saturated heterocycles. The SMILES string of the molecule is CC(C)(C)c1cc(C(C)(C)C)c2c3c4c(c(C#N)cc3n3c5cc6c7c(C(C)(C)C)cc(C(C)(C)C)c8c9c%10c(c(C#N)cc9n(c6cc5c1c23)c78)C(C)(C)C(C)(C)C%10(C)C)C(C)(C)C(C)(C)C4(C)C. The van der Waals surface area contributed by atoms with Crippen LogP contribution in [-0.2, 0) is 43.3 Å². The fourth-order valence-electron chi connectivity index (χ4n) is 15.0. The Kier molecular flexibility index (Phi) is 8.49. The third-order valence-corrected chi connectivity index (χ3v) is 21.0. The molecule has 0 fully saturated rings. The normalized spacial score (nSPS) is 19.5. The molecule has 11 rings (SSSR count). The number of aromatic nitrogens is 2. The maximum Gasteiger partial charge on any atom is 0.0995 e. The highest BCUT2D eigenvalue weighted by atomic mass is 14.9. The van der Waals surface area contributed by atoms with Gasteiger partial charge in [0.25, 0.3) is 0 Å². The summed E-state index contributed by atoms with van der Waals surface area (Å²) in [7, 11) is 0. The molecule has 9 aromatic rings. The van der Waals surface area contributed by atoms with Crippen molar-refractivity contribution < 1.29 is 0 Å². The molecule has 5 aromatic carbocycles. The van der Waals surface area contributed by atoms with Crippen LogP contribution < -0.4 is 0 Å². The van der Waals surface area contributed by atoms with E-state index in [1.807, 2.05) is 0 Å². The van der Waals surface area contributed by atoms with Crippen molar-refractivity contribution in [2.24, 2.45) is 10.8 Å². The Morgan fingerprint density at radius 3 is 0.886 bits per heavy atom. The van der Waals surface area contributed by atoms with E-state index in [-0.39, 0.29) is 54.1 Å². The minimum atomic E-state index is -0.241. The second-order valence-corrected chi connectivity index (χ2v) is 29.8. The van der Waals surface area contributed by atoms with Crippen molar-refractivity contribution in [2.45, 2.75) is 209 Å². The molecule has 4 heterocycles. The maximum absolute atomic E-state index is 11.3. The molecule has 70 heavy (non-hydrogen) atoms. The van der Waals surface area contributed by atoms with Gasteiger partial charge in [-0.3, -0.25) is 0 Å². The maximum atomic E-state index is 11.3. The first-order valence-electron chi connectivity index (χ1n) is 26.3. The van der Waals surface area contributed by atoms with Gasteiger partial charge in [0.2, 0.25) is 0 Å². The minimum absolute atomic E-state index is 0.133. The molecule has 0 amide bonds. The minimum Gasteiger partial charge on any atom is -0.308 e. The van der Waals surface area contributed by atoms with Crippen molar-refractivity contribution in [1.29, 1.82) is 10.5 Å². The average molecular weight is 927 g/mol. The summed E-state index contributed by atoms with van der Waals surface area (Å²) in [4.78, 5) is 0. The molecule has 362 valence electrons. The third kappa shape index (κ3) is 4.99. The summed E-state index contributed by atoms with van der Waals surface area (Å²) < 4.78 is 5.21. The first-order chi connectivity index (χ1) is 31.8. The summed E-state index contributed by atoms with van der Waals surface area (Å²) in [5, 5.41) is 33.0. The second kappa shape index (κ2) is 12.6. The van der Waals surface area contributed by atoms with Gasteiger partial charge in [0.15, 0.2) is 0 Å². The largest absolute Gasteiger partial charge is 0.308 e. The average Bonchev–Trinajstić information content (AvgIpc) is 3.98. The lowest BCUT2D eigenvalue weighted by Crippen LogP contribution is -2.42. The molecule has 0 radical (unpaired) electrons. The molecule has 0 spiro atoms. The quantitative estimate of drug-likeness (QED) is 0.152. The Bertz CT molecular complexity index is 3710. The van der Waals surface area contributed by atoms with Crippen LogP contribution >= 0.6 is 0 Å². The van der Waals surface area contributed by atoms with Crippen LogP contribution in [0.15, 0.2) is 36.4 Å². The molecule has 0 aliphatic heterocycles. The van der Waals surface area contributed by atoms with Crippen molar-refractivity contribution in [3.63, 3.8) is 0 Å². The van der Waals surface area contributed by atoms with Gasteiger partial charge in [-0.25, -0.2) is 0 Å². The summed E-state index contributed by atoms with van der Waals surface area (Å²) in [5.41, 5.74) is 17.4. The molecule has 0 atom stereocenters. The van der Waals surface area contributed by atoms with Gasteiger partial charge in [-0.05, 0) is 123 Å². The Morgan fingerprint density at radius 1 is 0.343 bits per heavy atom. The number of nitrogens with zero attached hydrogens (tertiary/aromatic N) is 4. The fraction of sp³-hybridized carbons (Fsp3) is 0.515. The third-order valence-electron chi connectivity index (χ3n) is 21.0. The van der Waals surface area contributed by atoms with E-state index in [4.69, 9.17) is 0 Å². The predicted molar refractivity (Wildman–Crippen MR) is 300 cm³/mol. The fourth-order valence-corrected chi connectivity index (χ4v) is 15.0. The number of benzene rings is 5. The highest BCUT2D eigenvalue weighted by Crippen LogP contribution is 2.67. The lowest BCUT2D eigenvalue weighted by Gasteiger charge is -2.44. The molecular formula is C66H78N4. The summed E-state index contributed by atoms with van der Waals surface area (Å²) in [6.07, 6.45) is 0. The van der Waals surface area contributed by atoms with Crippen LogP contribution in [0, 0.1) is 33.5 Å². The zero-order valence-corrected chi connectivity index (χ0v) is 47.3.